The fourth-order valence-electron chi connectivity index (χ4n) is 1.18. The van der Waals surface area contributed by atoms with Crippen molar-refractivity contribution in [2.24, 2.45) is 0 Å². The van der Waals surface area contributed by atoms with E-state index < -0.39 is 0 Å². The van der Waals surface area contributed by atoms with Gasteiger partial charge in [0.1, 0.15) is 5.76 Å². The van der Waals surface area contributed by atoms with Crippen LogP contribution in [0.2, 0.25) is 0 Å². The Morgan fingerprint density at radius 1 is 1.36 bits per heavy atom. The summed E-state index contributed by atoms with van der Waals surface area (Å²) in [5.41, 5.74) is 1.05. The van der Waals surface area contributed by atoms with Crippen LogP contribution in [-0.4, -0.2) is 4.98 Å². The topological polar surface area (TPSA) is 46.0 Å². The summed E-state index contributed by atoms with van der Waals surface area (Å²) in [6.07, 6.45) is 1.56. The molecule has 2 aromatic rings. The Bertz CT molecular complexity index is 473. The Hall–Kier alpha value is -1.48. The highest BCUT2D eigenvalue weighted by atomic mass is 35.5. The molecule has 0 aliphatic carbocycles. The van der Waals surface area contributed by atoms with E-state index in [1.54, 1.807) is 30.5 Å². The van der Waals surface area contributed by atoms with Crippen LogP contribution in [0.1, 0.15) is 5.56 Å². The SMILES string of the molecule is O=c1[nH]c(-c2ccco2)ccc1CCl. The Balaban J connectivity index is 2.48. The van der Waals surface area contributed by atoms with Gasteiger partial charge in [0.15, 0.2) is 0 Å². The predicted octanol–water partition coefficient (Wildman–Crippen LogP) is 2.37. The molecule has 0 bridgehead atoms. The Morgan fingerprint density at radius 2 is 2.21 bits per heavy atom. The van der Waals surface area contributed by atoms with Crippen molar-refractivity contribution in [1.29, 1.82) is 0 Å². The molecule has 0 fully saturated rings. The molecule has 2 aromatic heterocycles. The van der Waals surface area contributed by atoms with Gasteiger partial charge in [-0.1, -0.05) is 6.07 Å². The molecule has 0 saturated carbocycles. The third kappa shape index (κ3) is 1.59. The van der Waals surface area contributed by atoms with E-state index in [1.165, 1.54) is 0 Å². The maximum atomic E-state index is 11.4. The molecule has 0 atom stereocenters. The number of hydrogen-bond donors (Lipinski definition) is 1. The maximum absolute atomic E-state index is 11.4. The minimum Gasteiger partial charge on any atom is -0.463 e. The summed E-state index contributed by atoms with van der Waals surface area (Å²) >= 11 is 5.57. The molecule has 0 spiro atoms. The number of halogens is 1. The Kier molecular flexibility index (Phi) is 2.41. The van der Waals surface area contributed by atoms with Gasteiger partial charge in [0.25, 0.3) is 5.56 Å². The first-order valence-electron chi connectivity index (χ1n) is 4.13. The maximum Gasteiger partial charge on any atom is 0.252 e. The zero-order chi connectivity index (χ0) is 9.97. The summed E-state index contributed by atoms with van der Waals surface area (Å²) in [6, 6.07) is 7.02. The lowest BCUT2D eigenvalue weighted by atomic mass is 10.2. The van der Waals surface area contributed by atoms with E-state index in [4.69, 9.17) is 16.0 Å². The summed E-state index contributed by atoms with van der Waals surface area (Å²) in [6.45, 7) is 0. The molecule has 2 heterocycles. The predicted molar refractivity (Wildman–Crippen MR) is 54.3 cm³/mol. The normalized spacial score (nSPS) is 10.4. The van der Waals surface area contributed by atoms with Gasteiger partial charge in [-0.15, -0.1) is 11.6 Å². The van der Waals surface area contributed by atoms with Gasteiger partial charge in [-0.25, -0.2) is 0 Å². The van der Waals surface area contributed by atoms with Crippen LogP contribution in [0.15, 0.2) is 39.7 Å². The highest BCUT2D eigenvalue weighted by Crippen LogP contribution is 2.15. The van der Waals surface area contributed by atoms with Crippen LogP contribution in [-0.2, 0) is 5.88 Å². The third-order valence-electron chi connectivity index (χ3n) is 1.92. The quantitative estimate of drug-likeness (QED) is 0.772. The number of pyridine rings is 1. The number of furan rings is 1. The molecule has 0 amide bonds. The molecule has 4 heteroatoms. The molecule has 1 N–H and O–H groups in total. The van der Waals surface area contributed by atoms with Crippen molar-refractivity contribution in [3.63, 3.8) is 0 Å². The highest BCUT2D eigenvalue weighted by molar-refractivity contribution is 6.17. The molecule has 0 saturated heterocycles. The van der Waals surface area contributed by atoms with Crippen LogP contribution < -0.4 is 5.56 Å². The Labute approximate surface area is 85.3 Å². The molecule has 14 heavy (non-hydrogen) atoms. The minimum absolute atomic E-state index is 0.172. The second-order valence-corrected chi connectivity index (χ2v) is 3.10. The van der Waals surface area contributed by atoms with Gasteiger partial charge in [0.2, 0.25) is 0 Å². The van der Waals surface area contributed by atoms with Crippen molar-refractivity contribution < 1.29 is 4.42 Å². The lowest BCUT2D eigenvalue weighted by molar-refractivity contribution is 0.579. The zero-order valence-electron chi connectivity index (χ0n) is 7.29. The fraction of sp³-hybridized carbons (Fsp3) is 0.100. The molecule has 0 radical (unpaired) electrons. The number of rotatable bonds is 2. The summed E-state index contributed by atoms with van der Waals surface area (Å²) < 4.78 is 5.14. The molecule has 3 nitrogen and oxygen atoms in total. The summed E-state index contributed by atoms with van der Waals surface area (Å²) in [4.78, 5) is 14.1. The van der Waals surface area contributed by atoms with Crippen LogP contribution in [0.25, 0.3) is 11.5 Å². The Morgan fingerprint density at radius 3 is 2.79 bits per heavy atom. The fourth-order valence-corrected chi connectivity index (χ4v) is 1.40. The first-order valence-corrected chi connectivity index (χ1v) is 4.67. The smallest absolute Gasteiger partial charge is 0.252 e. The first-order chi connectivity index (χ1) is 6.81. The van der Waals surface area contributed by atoms with Gasteiger partial charge in [-0.05, 0) is 18.2 Å². The van der Waals surface area contributed by atoms with Crippen molar-refractivity contribution in [2.75, 3.05) is 0 Å². The molecular formula is C10H8ClNO2. The molecule has 0 aliphatic heterocycles. The van der Waals surface area contributed by atoms with E-state index in [-0.39, 0.29) is 11.4 Å². The molecule has 0 aromatic carbocycles. The zero-order valence-corrected chi connectivity index (χ0v) is 8.04. The number of H-pyrrole nitrogens is 1. The first kappa shape index (κ1) is 9.09. The minimum atomic E-state index is -0.172. The van der Waals surface area contributed by atoms with Crippen LogP contribution >= 0.6 is 11.6 Å². The molecule has 0 aliphatic rings. The van der Waals surface area contributed by atoms with Gasteiger partial charge in [0, 0.05) is 5.56 Å². The van der Waals surface area contributed by atoms with E-state index in [1.807, 2.05) is 0 Å². The summed E-state index contributed by atoms with van der Waals surface area (Å²) in [7, 11) is 0. The van der Waals surface area contributed by atoms with Crippen LogP contribution in [0.5, 0.6) is 0 Å². The van der Waals surface area contributed by atoms with Crippen molar-refractivity contribution in [2.45, 2.75) is 5.88 Å². The summed E-state index contributed by atoms with van der Waals surface area (Å²) in [5, 5.41) is 0. The average Bonchev–Trinajstić information content (AvgIpc) is 2.70. The standard InChI is InChI=1S/C10H8ClNO2/c11-6-7-3-4-8(12-10(7)13)9-2-1-5-14-9/h1-5H,6H2,(H,12,13). The van der Waals surface area contributed by atoms with Gasteiger partial charge in [-0.2, -0.15) is 0 Å². The van der Waals surface area contributed by atoms with Gasteiger partial charge < -0.3 is 9.40 Å². The average molecular weight is 210 g/mol. The van der Waals surface area contributed by atoms with Crippen LogP contribution in [0, 0.1) is 0 Å². The third-order valence-corrected chi connectivity index (χ3v) is 2.21. The molecule has 0 unspecified atom stereocenters. The number of alkyl halides is 1. The van der Waals surface area contributed by atoms with E-state index in [2.05, 4.69) is 4.98 Å². The van der Waals surface area contributed by atoms with E-state index in [0.717, 1.165) is 0 Å². The summed E-state index contributed by atoms with van der Waals surface area (Å²) in [5.74, 6) is 0.858. The number of aromatic nitrogens is 1. The van der Waals surface area contributed by atoms with Gasteiger partial charge >= 0.3 is 0 Å². The van der Waals surface area contributed by atoms with Crippen molar-refractivity contribution in [3.8, 4) is 11.5 Å². The van der Waals surface area contributed by atoms with E-state index >= 15 is 0 Å². The lowest BCUT2D eigenvalue weighted by Crippen LogP contribution is -2.11. The molecule has 2 rings (SSSR count). The van der Waals surface area contributed by atoms with Crippen LogP contribution in [0.3, 0.4) is 0 Å². The number of nitrogens with one attached hydrogen (secondary N) is 1. The largest absolute Gasteiger partial charge is 0.463 e. The monoisotopic (exact) mass is 209 g/mol. The molecular weight excluding hydrogens is 202 g/mol. The van der Waals surface area contributed by atoms with Gasteiger partial charge in [0.05, 0.1) is 17.8 Å². The van der Waals surface area contributed by atoms with E-state index in [9.17, 15) is 4.79 Å². The van der Waals surface area contributed by atoms with Crippen LogP contribution in [0.4, 0.5) is 0 Å². The second kappa shape index (κ2) is 3.72. The van der Waals surface area contributed by atoms with Crippen molar-refractivity contribution >= 4 is 11.6 Å². The number of hydrogen-bond acceptors (Lipinski definition) is 2. The van der Waals surface area contributed by atoms with Crippen molar-refractivity contribution in [3.05, 3.63) is 46.4 Å². The lowest BCUT2D eigenvalue weighted by Gasteiger charge is -1.98. The highest BCUT2D eigenvalue weighted by Gasteiger charge is 2.03. The van der Waals surface area contributed by atoms with Crippen molar-refractivity contribution in [1.82, 2.24) is 4.98 Å². The van der Waals surface area contributed by atoms with Gasteiger partial charge in [-0.3, -0.25) is 4.79 Å². The second-order valence-electron chi connectivity index (χ2n) is 2.84. The van der Waals surface area contributed by atoms with E-state index in [0.29, 0.717) is 17.0 Å². The molecule has 72 valence electrons. The number of aromatic amines is 1.